The molecule has 1 aliphatic heterocycles. The largest absolute Gasteiger partial charge is 0.316 e. The summed E-state index contributed by atoms with van der Waals surface area (Å²) in [5.41, 5.74) is 0.00882. The maximum atomic E-state index is 12.1. The van der Waals surface area contributed by atoms with E-state index in [1.54, 1.807) is 0 Å². The summed E-state index contributed by atoms with van der Waals surface area (Å²) in [7, 11) is 0. The van der Waals surface area contributed by atoms with Crippen LogP contribution in [-0.2, 0) is 4.79 Å². The molecule has 0 spiro atoms. The molecule has 0 aromatic carbocycles. The van der Waals surface area contributed by atoms with Gasteiger partial charge >= 0.3 is 0 Å². The summed E-state index contributed by atoms with van der Waals surface area (Å²) < 4.78 is 0. The molecule has 1 atom stereocenters. The zero-order chi connectivity index (χ0) is 10.0. The highest BCUT2D eigenvalue weighted by molar-refractivity contribution is 5.85. The van der Waals surface area contributed by atoms with Crippen LogP contribution >= 0.6 is 0 Å². The van der Waals surface area contributed by atoms with Gasteiger partial charge in [-0.1, -0.05) is 19.8 Å². The Bertz CT molecular complexity index is 214. The van der Waals surface area contributed by atoms with Gasteiger partial charge in [0.05, 0.1) is 0 Å². The second-order valence-electron chi connectivity index (χ2n) is 4.97. The molecule has 80 valence electrons. The van der Waals surface area contributed by atoms with E-state index >= 15 is 0 Å². The molecular weight excluding hydrogens is 174 g/mol. The van der Waals surface area contributed by atoms with E-state index in [0.29, 0.717) is 5.78 Å². The van der Waals surface area contributed by atoms with Crippen LogP contribution in [0.3, 0.4) is 0 Å². The Morgan fingerprint density at radius 1 is 1.50 bits per heavy atom. The normalized spacial score (nSPS) is 32.1. The Balaban J connectivity index is 1.86. The highest BCUT2D eigenvalue weighted by Crippen LogP contribution is 2.37. The lowest BCUT2D eigenvalue weighted by Crippen LogP contribution is -2.32. The van der Waals surface area contributed by atoms with Gasteiger partial charge in [0.1, 0.15) is 5.78 Å². The molecule has 2 fully saturated rings. The molecule has 2 nitrogen and oxygen atoms in total. The van der Waals surface area contributed by atoms with E-state index < -0.39 is 0 Å². The van der Waals surface area contributed by atoms with Crippen molar-refractivity contribution in [3.8, 4) is 0 Å². The van der Waals surface area contributed by atoms with Crippen LogP contribution in [0.4, 0.5) is 0 Å². The summed E-state index contributed by atoms with van der Waals surface area (Å²) in [5, 5.41) is 3.33. The molecule has 1 unspecified atom stereocenters. The fraction of sp³-hybridized carbons (Fsp3) is 0.917. The zero-order valence-electron chi connectivity index (χ0n) is 9.14. The molecule has 0 aromatic rings. The number of carbonyl (C=O) groups is 1. The number of hydrogen-bond donors (Lipinski definition) is 1. The maximum Gasteiger partial charge on any atom is 0.140 e. The van der Waals surface area contributed by atoms with Crippen LogP contribution in [-0.4, -0.2) is 18.9 Å². The van der Waals surface area contributed by atoms with Crippen LogP contribution in [0, 0.1) is 11.3 Å². The fourth-order valence-corrected chi connectivity index (χ4v) is 2.49. The van der Waals surface area contributed by atoms with Gasteiger partial charge in [0.2, 0.25) is 0 Å². The van der Waals surface area contributed by atoms with Gasteiger partial charge in [-0.05, 0) is 31.7 Å². The average molecular weight is 195 g/mol. The van der Waals surface area contributed by atoms with Crippen molar-refractivity contribution in [2.75, 3.05) is 13.1 Å². The zero-order valence-corrected chi connectivity index (χ0v) is 9.14. The predicted molar refractivity (Wildman–Crippen MR) is 57.2 cm³/mol. The summed E-state index contributed by atoms with van der Waals surface area (Å²) in [6.45, 7) is 4.11. The average Bonchev–Trinajstić information content (AvgIpc) is 2.90. The lowest BCUT2D eigenvalue weighted by molar-refractivity contribution is -0.128. The fourth-order valence-electron chi connectivity index (χ4n) is 2.49. The molecular formula is C12H21NO. The second-order valence-corrected chi connectivity index (χ2v) is 4.97. The van der Waals surface area contributed by atoms with E-state index in [9.17, 15) is 4.79 Å². The highest BCUT2D eigenvalue weighted by atomic mass is 16.1. The van der Waals surface area contributed by atoms with Gasteiger partial charge in [0.15, 0.2) is 0 Å². The number of Topliss-reactive ketones (excluding diaryl/α,β-unsaturated/α-hetero) is 1. The van der Waals surface area contributed by atoms with Gasteiger partial charge in [-0.15, -0.1) is 0 Å². The first kappa shape index (κ1) is 10.2. The Kier molecular flexibility index (Phi) is 2.91. The predicted octanol–water partition coefficient (Wildman–Crippen LogP) is 2.14. The number of nitrogens with one attached hydrogen (secondary N) is 1. The van der Waals surface area contributed by atoms with Gasteiger partial charge in [-0.3, -0.25) is 4.79 Å². The first-order valence-corrected chi connectivity index (χ1v) is 6.01. The van der Waals surface area contributed by atoms with E-state index in [0.717, 1.165) is 44.7 Å². The van der Waals surface area contributed by atoms with Crippen LogP contribution in [0.15, 0.2) is 0 Å². The topological polar surface area (TPSA) is 29.1 Å². The molecule has 0 amide bonds. The third kappa shape index (κ3) is 2.00. The standard InChI is InChI=1S/C12H21NO/c1-2-12(7-8-13-9-12)11(14)6-5-10-3-4-10/h10,13H,2-9H2,1H3. The lowest BCUT2D eigenvalue weighted by Gasteiger charge is -2.24. The van der Waals surface area contributed by atoms with Crippen LogP contribution in [0.1, 0.15) is 45.4 Å². The first-order chi connectivity index (χ1) is 6.77. The van der Waals surface area contributed by atoms with Crippen molar-refractivity contribution >= 4 is 5.78 Å². The third-order valence-electron chi connectivity index (χ3n) is 3.99. The molecule has 1 saturated heterocycles. The molecule has 0 radical (unpaired) electrons. The number of rotatable bonds is 5. The van der Waals surface area contributed by atoms with Crippen LogP contribution in [0.5, 0.6) is 0 Å². The molecule has 1 aliphatic carbocycles. The van der Waals surface area contributed by atoms with Crippen molar-refractivity contribution in [2.24, 2.45) is 11.3 Å². The number of ketones is 1. The van der Waals surface area contributed by atoms with Crippen LogP contribution < -0.4 is 5.32 Å². The van der Waals surface area contributed by atoms with Crippen LogP contribution in [0.2, 0.25) is 0 Å². The van der Waals surface area contributed by atoms with E-state index in [1.165, 1.54) is 12.8 Å². The minimum atomic E-state index is 0.00882. The Morgan fingerprint density at radius 2 is 2.29 bits per heavy atom. The Hall–Kier alpha value is -0.370. The molecule has 2 heteroatoms. The van der Waals surface area contributed by atoms with Crippen molar-refractivity contribution in [1.29, 1.82) is 0 Å². The minimum absolute atomic E-state index is 0.00882. The molecule has 2 aliphatic rings. The van der Waals surface area contributed by atoms with E-state index in [1.807, 2.05) is 0 Å². The van der Waals surface area contributed by atoms with Gasteiger partial charge in [0, 0.05) is 18.4 Å². The molecule has 1 heterocycles. The number of hydrogen-bond acceptors (Lipinski definition) is 2. The molecule has 0 bridgehead atoms. The molecule has 0 aromatic heterocycles. The maximum absolute atomic E-state index is 12.1. The molecule has 1 saturated carbocycles. The Morgan fingerprint density at radius 3 is 2.79 bits per heavy atom. The van der Waals surface area contributed by atoms with Gasteiger partial charge in [0.25, 0.3) is 0 Å². The molecule has 14 heavy (non-hydrogen) atoms. The van der Waals surface area contributed by atoms with Crippen molar-refractivity contribution in [3.63, 3.8) is 0 Å². The highest BCUT2D eigenvalue weighted by Gasteiger charge is 2.39. The van der Waals surface area contributed by atoms with E-state index in [4.69, 9.17) is 0 Å². The second kappa shape index (κ2) is 4.01. The van der Waals surface area contributed by atoms with Crippen molar-refractivity contribution in [1.82, 2.24) is 5.32 Å². The molecule has 1 N–H and O–H groups in total. The summed E-state index contributed by atoms with van der Waals surface area (Å²) in [5.74, 6) is 1.42. The first-order valence-electron chi connectivity index (χ1n) is 6.01. The summed E-state index contributed by atoms with van der Waals surface area (Å²) >= 11 is 0. The van der Waals surface area contributed by atoms with Crippen molar-refractivity contribution in [3.05, 3.63) is 0 Å². The SMILES string of the molecule is CCC1(C(=O)CCC2CC2)CCNC1. The van der Waals surface area contributed by atoms with E-state index in [-0.39, 0.29) is 5.41 Å². The molecule has 2 rings (SSSR count). The Labute approximate surface area is 86.5 Å². The summed E-state index contributed by atoms with van der Waals surface area (Å²) in [4.78, 5) is 12.1. The van der Waals surface area contributed by atoms with Crippen molar-refractivity contribution < 1.29 is 4.79 Å². The van der Waals surface area contributed by atoms with Crippen molar-refractivity contribution in [2.45, 2.75) is 45.4 Å². The third-order valence-corrected chi connectivity index (χ3v) is 3.99. The van der Waals surface area contributed by atoms with Crippen LogP contribution in [0.25, 0.3) is 0 Å². The summed E-state index contributed by atoms with van der Waals surface area (Å²) in [6.07, 6.45) is 6.80. The quantitative estimate of drug-likeness (QED) is 0.728. The monoisotopic (exact) mass is 195 g/mol. The smallest absolute Gasteiger partial charge is 0.140 e. The minimum Gasteiger partial charge on any atom is -0.316 e. The van der Waals surface area contributed by atoms with Gasteiger partial charge in [-0.25, -0.2) is 0 Å². The van der Waals surface area contributed by atoms with Gasteiger partial charge < -0.3 is 5.32 Å². The summed E-state index contributed by atoms with van der Waals surface area (Å²) in [6, 6.07) is 0. The number of carbonyl (C=O) groups excluding carboxylic acids is 1. The van der Waals surface area contributed by atoms with Gasteiger partial charge in [-0.2, -0.15) is 0 Å². The lowest BCUT2D eigenvalue weighted by atomic mass is 9.78. The van der Waals surface area contributed by atoms with E-state index in [2.05, 4.69) is 12.2 Å².